The third-order valence-corrected chi connectivity index (χ3v) is 1.25. The zero-order chi connectivity index (χ0) is 8.53. The van der Waals surface area contributed by atoms with Crippen molar-refractivity contribution in [2.45, 2.75) is 13.3 Å². The molecule has 0 atom stereocenters. The van der Waals surface area contributed by atoms with Crippen molar-refractivity contribution in [3.63, 3.8) is 0 Å². The van der Waals surface area contributed by atoms with E-state index in [1.165, 1.54) is 5.56 Å². The molecule has 0 aliphatic carbocycles. The molecule has 0 amide bonds. The van der Waals surface area contributed by atoms with Crippen molar-refractivity contribution in [3.8, 4) is 0 Å². The summed E-state index contributed by atoms with van der Waals surface area (Å²) in [5.74, 6) is 0. The fourth-order valence-corrected chi connectivity index (χ4v) is 0.714. The van der Waals surface area contributed by atoms with Gasteiger partial charge < -0.3 is 5.48 Å². The molecule has 2 N–H and O–H groups in total. The maximum atomic E-state index is 3.12. The molecule has 1 heteroatoms. The van der Waals surface area contributed by atoms with E-state index in [2.05, 4.69) is 50.1 Å². The van der Waals surface area contributed by atoms with Gasteiger partial charge in [0.15, 0.2) is 0 Å². The van der Waals surface area contributed by atoms with Gasteiger partial charge in [0.1, 0.15) is 0 Å². The maximum absolute atomic E-state index is 3.12. The van der Waals surface area contributed by atoms with E-state index in [1.54, 1.807) is 0 Å². The molecule has 12 heavy (non-hydrogen) atoms. The lowest BCUT2D eigenvalue weighted by Crippen LogP contribution is -1.73. The first-order valence-electron chi connectivity index (χ1n) is 3.68. The van der Waals surface area contributed by atoms with Crippen molar-refractivity contribution in [1.82, 2.24) is 0 Å². The topological polar surface area (TPSA) is 31.5 Å². The predicted octanol–water partition coefficient (Wildman–Crippen LogP) is 2.38. The summed E-state index contributed by atoms with van der Waals surface area (Å²) in [6.45, 7) is 8.41. The van der Waals surface area contributed by atoms with E-state index in [9.17, 15) is 0 Å². The molecule has 0 unspecified atom stereocenters. The Morgan fingerprint density at radius 2 is 1.58 bits per heavy atom. The summed E-state index contributed by atoms with van der Waals surface area (Å²) in [6, 6.07) is 10.5. The first kappa shape index (κ1) is 13.3. The van der Waals surface area contributed by atoms with Gasteiger partial charge >= 0.3 is 0 Å². The van der Waals surface area contributed by atoms with E-state index < -0.39 is 0 Å². The van der Waals surface area contributed by atoms with Crippen LogP contribution in [-0.4, -0.2) is 5.48 Å². The molecule has 0 saturated heterocycles. The highest BCUT2D eigenvalue weighted by molar-refractivity contribution is 5.13. The van der Waals surface area contributed by atoms with E-state index in [1.807, 2.05) is 6.07 Å². The van der Waals surface area contributed by atoms with Crippen molar-refractivity contribution in [1.29, 1.82) is 0 Å². The lowest BCUT2D eigenvalue weighted by atomic mass is 10.2. The summed E-state index contributed by atoms with van der Waals surface area (Å²) < 4.78 is 0. The monoisotopic (exact) mass is 164 g/mol. The SMILES string of the molecule is C=C=C.CCc1ccccc1.O. The number of hydrogen-bond acceptors (Lipinski definition) is 0. The normalized spacial score (nSPS) is 6.75. The van der Waals surface area contributed by atoms with Gasteiger partial charge in [-0.3, -0.25) is 0 Å². The molecule has 1 nitrogen and oxygen atoms in total. The fraction of sp³-hybridized carbons (Fsp3) is 0.182. The maximum Gasteiger partial charge on any atom is -0.0307 e. The van der Waals surface area contributed by atoms with Gasteiger partial charge in [-0.2, -0.15) is 0 Å². The molecule has 0 fully saturated rings. The van der Waals surface area contributed by atoms with Gasteiger partial charge in [-0.1, -0.05) is 50.4 Å². The third-order valence-electron chi connectivity index (χ3n) is 1.25. The number of benzene rings is 1. The standard InChI is InChI=1S/C8H10.C3H4.H2O/c1-2-8-6-4-3-5-7-8;1-3-2;/h3-7H,2H2,1H3;1-2H2;1H2. The molecule has 1 aromatic rings. The van der Waals surface area contributed by atoms with Crippen molar-refractivity contribution in [3.05, 3.63) is 54.8 Å². The van der Waals surface area contributed by atoms with Crippen LogP contribution in [0.4, 0.5) is 0 Å². The highest BCUT2D eigenvalue weighted by Gasteiger charge is 1.79. The van der Waals surface area contributed by atoms with Crippen LogP contribution in [0.2, 0.25) is 0 Å². The summed E-state index contributed by atoms with van der Waals surface area (Å²) in [7, 11) is 0. The number of aryl methyl sites for hydroxylation is 1. The summed E-state index contributed by atoms with van der Waals surface area (Å²) >= 11 is 0. The highest BCUT2D eigenvalue weighted by Crippen LogP contribution is 1.96. The smallest absolute Gasteiger partial charge is 0.0307 e. The van der Waals surface area contributed by atoms with Gasteiger partial charge in [-0.15, -0.1) is 5.73 Å². The largest absolute Gasteiger partial charge is 0.412 e. The highest BCUT2D eigenvalue weighted by atomic mass is 16.0. The molecular formula is C11H16O. The van der Waals surface area contributed by atoms with E-state index in [4.69, 9.17) is 0 Å². The molecule has 66 valence electrons. The van der Waals surface area contributed by atoms with Gasteiger partial charge in [0.2, 0.25) is 0 Å². The summed E-state index contributed by atoms with van der Waals surface area (Å²) in [5.41, 5.74) is 3.66. The lowest BCUT2D eigenvalue weighted by Gasteiger charge is -1.89. The van der Waals surface area contributed by atoms with Crippen LogP contribution in [0.5, 0.6) is 0 Å². The van der Waals surface area contributed by atoms with E-state index in [0.717, 1.165) is 6.42 Å². The average molecular weight is 164 g/mol. The van der Waals surface area contributed by atoms with Crippen LogP contribution in [0.25, 0.3) is 0 Å². The van der Waals surface area contributed by atoms with Crippen LogP contribution in [0, 0.1) is 0 Å². The van der Waals surface area contributed by atoms with E-state index in [-0.39, 0.29) is 5.48 Å². The summed E-state index contributed by atoms with van der Waals surface area (Å²) in [4.78, 5) is 0. The predicted molar refractivity (Wildman–Crippen MR) is 54.2 cm³/mol. The molecule has 0 aliphatic heterocycles. The van der Waals surface area contributed by atoms with Gasteiger partial charge in [-0.05, 0) is 12.0 Å². The van der Waals surface area contributed by atoms with Gasteiger partial charge in [0, 0.05) is 0 Å². The molecule has 0 bridgehead atoms. The van der Waals surface area contributed by atoms with Crippen molar-refractivity contribution in [2.24, 2.45) is 0 Å². The summed E-state index contributed by atoms with van der Waals surface area (Å²) in [6.07, 6.45) is 1.14. The second kappa shape index (κ2) is 9.70. The van der Waals surface area contributed by atoms with Crippen molar-refractivity contribution < 1.29 is 5.48 Å². The van der Waals surface area contributed by atoms with E-state index >= 15 is 0 Å². The van der Waals surface area contributed by atoms with Crippen LogP contribution >= 0.6 is 0 Å². The zero-order valence-electron chi connectivity index (χ0n) is 7.51. The Bertz CT molecular complexity index is 208. The average Bonchev–Trinajstić information content (AvgIpc) is 2.08. The van der Waals surface area contributed by atoms with Crippen molar-refractivity contribution in [2.75, 3.05) is 0 Å². The number of rotatable bonds is 1. The lowest BCUT2D eigenvalue weighted by molar-refractivity contribution is 0.824. The Hall–Kier alpha value is -1.30. The Morgan fingerprint density at radius 1 is 1.17 bits per heavy atom. The minimum absolute atomic E-state index is 0. The van der Waals surface area contributed by atoms with Crippen LogP contribution < -0.4 is 0 Å². The third kappa shape index (κ3) is 6.81. The van der Waals surface area contributed by atoms with Crippen LogP contribution in [0.3, 0.4) is 0 Å². The van der Waals surface area contributed by atoms with E-state index in [0.29, 0.717) is 0 Å². The first-order chi connectivity index (χ1) is 5.35. The van der Waals surface area contributed by atoms with Crippen LogP contribution in [0.15, 0.2) is 49.2 Å². The molecule has 0 aliphatic rings. The molecule has 1 rings (SSSR count). The molecule has 0 heterocycles. The van der Waals surface area contributed by atoms with Gasteiger partial charge in [0.25, 0.3) is 0 Å². The molecular weight excluding hydrogens is 148 g/mol. The second-order valence-electron chi connectivity index (χ2n) is 2.09. The second-order valence-corrected chi connectivity index (χ2v) is 2.09. The quantitative estimate of drug-likeness (QED) is 0.571. The fourth-order valence-electron chi connectivity index (χ4n) is 0.714. The molecule has 0 radical (unpaired) electrons. The number of hydrogen-bond donors (Lipinski definition) is 0. The minimum Gasteiger partial charge on any atom is -0.412 e. The summed E-state index contributed by atoms with van der Waals surface area (Å²) in [5, 5.41) is 0. The Balaban J connectivity index is 0. The molecule has 1 aromatic carbocycles. The molecule has 0 aromatic heterocycles. The van der Waals surface area contributed by atoms with Crippen molar-refractivity contribution >= 4 is 0 Å². The Morgan fingerprint density at radius 3 is 1.83 bits per heavy atom. The molecule has 0 spiro atoms. The Kier molecular flexibility index (Phi) is 10.8. The minimum atomic E-state index is 0. The van der Waals surface area contributed by atoms with Crippen LogP contribution in [-0.2, 0) is 6.42 Å². The Labute approximate surface area is 74.4 Å². The van der Waals surface area contributed by atoms with Gasteiger partial charge in [0.05, 0.1) is 0 Å². The molecule has 0 saturated carbocycles. The van der Waals surface area contributed by atoms with Crippen LogP contribution in [0.1, 0.15) is 12.5 Å². The van der Waals surface area contributed by atoms with Gasteiger partial charge in [-0.25, -0.2) is 0 Å². The first-order valence-corrected chi connectivity index (χ1v) is 3.68. The zero-order valence-corrected chi connectivity index (χ0v) is 7.51.